The quantitative estimate of drug-likeness (QED) is 0.115. The fraction of sp³-hybridized carbons (Fsp3) is 0.314. The number of amides is 1. The van der Waals surface area contributed by atoms with Crippen molar-refractivity contribution < 1.29 is 31.5 Å². The molecule has 0 bridgehead atoms. The molecule has 1 amide bonds. The van der Waals surface area contributed by atoms with Gasteiger partial charge in [-0.2, -0.15) is 13.0 Å². The van der Waals surface area contributed by atoms with Gasteiger partial charge < -0.3 is 14.5 Å². The number of hydrogen-bond donors (Lipinski definition) is 2. The first-order valence-electron chi connectivity index (χ1n) is 15.5. The van der Waals surface area contributed by atoms with Crippen LogP contribution in [0, 0.1) is 0 Å². The summed E-state index contributed by atoms with van der Waals surface area (Å²) in [6.07, 6.45) is 5.95. The van der Waals surface area contributed by atoms with Crippen molar-refractivity contribution in [3.8, 4) is 16.9 Å². The lowest BCUT2D eigenvalue weighted by atomic mass is 10.1. The van der Waals surface area contributed by atoms with E-state index < -0.39 is 16.2 Å². The number of benzene rings is 3. The summed E-state index contributed by atoms with van der Waals surface area (Å²) in [5.74, 6) is 1.13. The molecule has 11 heteroatoms. The third-order valence-electron chi connectivity index (χ3n) is 7.83. The Kier molecular flexibility index (Phi) is 10.5. The summed E-state index contributed by atoms with van der Waals surface area (Å²) in [5.41, 5.74) is 5.03. The number of oxazole rings is 1. The predicted octanol–water partition coefficient (Wildman–Crippen LogP) is 7.16. The summed E-state index contributed by atoms with van der Waals surface area (Å²) in [6, 6.07) is 20.7. The van der Waals surface area contributed by atoms with Crippen LogP contribution in [0.5, 0.6) is 5.75 Å². The Bertz CT molecular complexity index is 1890. The Morgan fingerprint density at radius 3 is 2.54 bits per heavy atom. The highest BCUT2D eigenvalue weighted by Crippen LogP contribution is 2.43. The minimum Gasteiger partial charge on any atom is -0.439 e. The number of carbonyl (C=O) groups is 1. The van der Waals surface area contributed by atoms with E-state index in [0.29, 0.717) is 59.7 Å². The Hall–Kier alpha value is -4.12. The molecule has 2 N–H and O–H groups in total. The molecule has 1 atom stereocenters. The van der Waals surface area contributed by atoms with Crippen LogP contribution in [0.2, 0.25) is 5.02 Å². The highest BCUT2D eigenvalue weighted by Gasteiger charge is 2.36. The van der Waals surface area contributed by atoms with E-state index in [2.05, 4.69) is 5.32 Å². The van der Waals surface area contributed by atoms with Gasteiger partial charge in [-0.3, -0.25) is 14.2 Å². The first kappa shape index (κ1) is 33.2. The molecule has 242 valence electrons. The Morgan fingerprint density at radius 1 is 1.07 bits per heavy atom. The minimum atomic E-state index is -4.13. The molecular formula is C35H39ClN3O6S+. The largest absolute Gasteiger partial charge is 0.439 e. The van der Waals surface area contributed by atoms with Crippen molar-refractivity contribution in [3.63, 3.8) is 0 Å². The predicted molar refractivity (Wildman–Crippen MR) is 181 cm³/mol. The molecule has 1 aliphatic heterocycles. The molecular weight excluding hydrogens is 626 g/mol. The second-order valence-electron chi connectivity index (χ2n) is 11.1. The van der Waals surface area contributed by atoms with Gasteiger partial charge in [-0.25, -0.2) is 0 Å². The van der Waals surface area contributed by atoms with Crippen LogP contribution in [0.1, 0.15) is 52.3 Å². The van der Waals surface area contributed by atoms with Crippen LogP contribution in [-0.2, 0) is 21.5 Å². The van der Waals surface area contributed by atoms with Crippen molar-refractivity contribution in [2.75, 3.05) is 17.2 Å². The average molecular weight is 665 g/mol. The van der Waals surface area contributed by atoms with E-state index in [1.54, 1.807) is 18.2 Å². The van der Waals surface area contributed by atoms with Crippen molar-refractivity contribution in [3.05, 3.63) is 95.2 Å². The van der Waals surface area contributed by atoms with Gasteiger partial charge in [0.1, 0.15) is 6.04 Å². The maximum absolute atomic E-state index is 13.3. The topological polar surface area (TPSA) is 113 Å². The zero-order valence-electron chi connectivity index (χ0n) is 26.2. The Labute approximate surface area is 274 Å². The van der Waals surface area contributed by atoms with Crippen LogP contribution < -0.4 is 19.5 Å². The standard InChI is InChI=1S/C35H38ClN3O6S/c1-4-17-37-35(40)28(6-3)39-30-23-27(36)14-16-32(30)45-34(39)21-24(5-2)20-33-38(18-10-19-46(41,42)43)29-22-26(13-15-31(29)44-33)25-11-8-7-9-12-25/h7-9,11-16,20-23,28H,4-6,10,17-19H2,1-3H3,(H-,37,40,41,42,43)/p+1. The Morgan fingerprint density at radius 2 is 1.85 bits per heavy atom. The van der Waals surface area contributed by atoms with Crippen LogP contribution in [-0.4, -0.2) is 37.2 Å². The summed E-state index contributed by atoms with van der Waals surface area (Å²) >= 11 is 6.38. The van der Waals surface area contributed by atoms with E-state index in [1.807, 2.05) is 90.9 Å². The summed E-state index contributed by atoms with van der Waals surface area (Å²) < 4.78 is 47.1. The Balaban J connectivity index is 1.58. The smallest absolute Gasteiger partial charge is 0.374 e. The van der Waals surface area contributed by atoms with Crippen molar-refractivity contribution >= 4 is 50.5 Å². The number of anilines is 1. The van der Waals surface area contributed by atoms with E-state index in [9.17, 15) is 17.8 Å². The fourth-order valence-corrected chi connectivity index (χ4v) is 6.19. The normalized spacial score (nSPS) is 14.8. The van der Waals surface area contributed by atoms with Gasteiger partial charge in [-0.05, 0) is 60.2 Å². The van der Waals surface area contributed by atoms with E-state index >= 15 is 0 Å². The molecule has 0 spiro atoms. The minimum absolute atomic E-state index is 0.100. The van der Waals surface area contributed by atoms with Gasteiger partial charge in [-0.1, -0.05) is 68.8 Å². The molecule has 4 aromatic rings. The lowest BCUT2D eigenvalue weighted by Gasteiger charge is -2.27. The van der Waals surface area contributed by atoms with Crippen LogP contribution in [0.15, 0.2) is 88.7 Å². The zero-order chi connectivity index (χ0) is 32.8. The number of nitrogens with zero attached hydrogens (tertiary/aromatic N) is 2. The second kappa shape index (κ2) is 14.5. The molecule has 0 saturated heterocycles. The molecule has 9 nitrogen and oxygen atoms in total. The summed E-state index contributed by atoms with van der Waals surface area (Å²) in [4.78, 5) is 15.2. The molecule has 1 aliphatic rings. The number of aromatic nitrogens is 1. The third kappa shape index (κ3) is 7.63. The summed E-state index contributed by atoms with van der Waals surface area (Å²) in [6.45, 7) is 6.85. The first-order valence-corrected chi connectivity index (χ1v) is 17.5. The highest BCUT2D eigenvalue weighted by atomic mass is 35.5. The first-order chi connectivity index (χ1) is 22.1. The molecule has 5 rings (SSSR count). The lowest BCUT2D eigenvalue weighted by molar-refractivity contribution is -0.677. The van der Waals surface area contributed by atoms with Crippen LogP contribution >= 0.6 is 11.6 Å². The number of nitrogens with one attached hydrogen (secondary N) is 1. The molecule has 1 aromatic heterocycles. The maximum atomic E-state index is 13.3. The zero-order valence-corrected chi connectivity index (χ0v) is 27.8. The molecule has 1 unspecified atom stereocenters. The molecule has 0 radical (unpaired) electrons. The van der Waals surface area contributed by atoms with Crippen LogP contribution in [0.25, 0.3) is 28.3 Å². The fourth-order valence-electron chi connectivity index (χ4n) is 5.53. The number of allylic oxidation sites excluding steroid dienone is 2. The molecule has 0 saturated carbocycles. The molecule has 2 heterocycles. The number of aryl methyl sites for hydroxylation is 1. The van der Waals surface area contributed by atoms with E-state index in [1.165, 1.54) is 0 Å². The number of rotatable bonds is 13. The molecule has 0 aliphatic carbocycles. The van der Waals surface area contributed by atoms with Gasteiger partial charge in [-0.15, -0.1) is 0 Å². The van der Waals surface area contributed by atoms with Gasteiger partial charge >= 0.3 is 5.89 Å². The number of fused-ring (bicyclic) bond motifs is 2. The third-order valence-corrected chi connectivity index (χ3v) is 8.87. The number of hydrogen-bond acceptors (Lipinski definition) is 6. The molecule has 3 aromatic carbocycles. The number of ether oxygens (including phenoxy) is 1. The number of carbonyl (C=O) groups excluding carboxylic acids is 1. The van der Waals surface area contributed by atoms with Crippen molar-refractivity contribution in [1.82, 2.24) is 5.32 Å². The monoisotopic (exact) mass is 664 g/mol. The lowest BCUT2D eigenvalue weighted by Crippen LogP contribution is -2.46. The second-order valence-corrected chi connectivity index (χ2v) is 13.1. The maximum Gasteiger partial charge on any atom is 0.374 e. The van der Waals surface area contributed by atoms with E-state index in [0.717, 1.165) is 28.6 Å². The summed E-state index contributed by atoms with van der Waals surface area (Å²) in [5, 5.41) is 3.55. The molecule has 46 heavy (non-hydrogen) atoms. The summed E-state index contributed by atoms with van der Waals surface area (Å²) in [7, 11) is -4.13. The van der Waals surface area contributed by atoms with Crippen molar-refractivity contribution in [2.24, 2.45) is 0 Å². The number of halogens is 1. The van der Waals surface area contributed by atoms with Gasteiger partial charge in [0.25, 0.3) is 15.6 Å². The molecule has 0 fully saturated rings. The van der Waals surface area contributed by atoms with Crippen molar-refractivity contribution in [1.29, 1.82) is 0 Å². The van der Waals surface area contributed by atoms with Gasteiger partial charge in [0, 0.05) is 30.1 Å². The van der Waals surface area contributed by atoms with Gasteiger partial charge in [0.15, 0.2) is 12.3 Å². The van der Waals surface area contributed by atoms with E-state index in [4.69, 9.17) is 20.8 Å². The van der Waals surface area contributed by atoms with E-state index in [-0.39, 0.29) is 18.1 Å². The van der Waals surface area contributed by atoms with Gasteiger partial charge in [0.2, 0.25) is 17.4 Å². The van der Waals surface area contributed by atoms with Crippen LogP contribution in [0.4, 0.5) is 5.69 Å². The average Bonchev–Trinajstić information content (AvgIpc) is 3.56. The highest BCUT2D eigenvalue weighted by molar-refractivity contribution is 7.85. The van der Waals surface area contributed by atoms with Crippen molar-refractivity contribution in [2.45, 2.75) is 59.0 Å². The SMILES string of the molecule is CCCNC(=O)C(CC)N1C(=CC(=Cc2oc3ccc(-c4ccccc4)cc3[n+]2CCCS(=O)(=O)O)CC)Oc2ccc(Cl)cc21. The van der Waals surface area contributed by atoms with Crippen LogP contribution in [0.3, 0.4) is 0 Å². The van der Waals surface area contributed by atoms with Gasteiger partial charge in [0.05, 0.1) is 17.5 Å².